The second-order valence-corrected chi connectivity index (χ2v) is 6.08. The van der Waals surface area contributed by atoms with E-state index >= 15 is 0 Å². The summed E-state index contributed by atoms with van der Waals surface area (Å²) in [5.74, 6) is 0. The van der Waals surface area contributed by atoms with E-state index in [4.69, 9.17) is 11.6 Å². The number of alkyl halides is 3. The molecule has 2 heterocycles. The van der Waals surface area contributed by atoms with Gasteiger partial charge in [-0.15, -0.1) is 0 Å². The van der Waals surface area contributed by atoms with Crippen LogP contribution >= 0.6 is 11.6 Å². The van der Waals surface area contributed by atoms with Crippen molar-refractivity contribution in [3.63, 3.8) is 0 Å². The molecule has 4 nitrogen and oxygen atoms in total. The molecule has 0 bridgehead atoms. The Morgan fingerprint density at radius 2 is 2.08 bits per heavy atom. The number of para-hydroxylation sites is 1. The minimum Gasteiger partial charge on any atom is -0.367 e. The van der Waals surface area contributed by atoms with Crippen molar-refractivity contribution in [1.82, 2.24) is 9.78 Å². The molecule has 0 amide bonds. The fourth-order valence-electron chi connectivity index (χ4n) is 2.99. The van der Waals surface area contributed by atoms with Gasteiger partial charge in [0.15, 0.2) is 5.69 Å². The van der Waals surface area contributed by atoms with E-state index in [2.05, 4.69) is 11.2 Å². The summed E-state index contributed by atoms with van der Waals surface area (Å²) in [5.41, 5.74) is 0.198. The van der Waals surface area contributed by atoms with Crippen molar-refractivity contribution >= 4 is 17.3 Å². The van der Waals surface area contributed by atoms with Crippen LogP contribution in [0.25, 0.3) is 0 Å². The summed E-state index contributed by atoms with van der Waals surface area (Å²) in [5, 5.41) is 13.4. The molecule has 3 rings (SSSR count). The van der Waals surface area contributed by atoms with Crippen LogP contribution in [0.1, 0.15) is 30.1 Å². The summed E-state index contributed by atoms with van der Waals surface area (Å²) < 4.78 is 39.5. The van der Waals surface area contributed by atoms with Crippen molar-refractivity contribution in [2.75, 3.05) is 18.0 Å². The molecule has 0 radical (unpaired) electrons. The molecule has 8 heteroatoms. The first-order chi connectivity index (χ1) is 11.4. The van der Waals surface area contributed by atoms with Gasteiger partial charge in [-0.3, -0.25) is 4.68 Å². The van der Waals surface area contributed by atoms with Crippen LogP contribution < -0.4 is 4.90 Å². The maximum atomic E-state index is 12.7. The molecule has 1 aliphatic rings. The van der Waals surface area contributed by atoms with Crippen LogP contribution in [0.2, 0.25) is 5.02 Å². The van der Waals surface area contributed by atoms with E-state index in [1.165, 1.54) is 10.9 Å². The van der Waals surface area contributed by atoms with Crippen LogP contribution in [0.3, 0.4) is 0 Å². The van der Waals surface area contributed by atoms with E-state index in [1.54, 1.807) is 18.2 Å². The zero-order valence-electron chi connectivity index (χ0n) is 12.6. The third-order valence-corrected chi connectivity index (χ3v) is 4.40. The highest BCUT2D eigenvalue weighted by Crippen LogP contribution is 2.34. The first kappa shape index (κ1) is 16.7. The first-order valence-electron chi connectivity index (χ1n) is 7.46. The van der Waals surface area contributed by atoms with E-state index in [0.29, 0.717) is 29.4 Å². The highest BCUT2D eigenvalue weighted by Gasteiger charge is 2.34. The molecule has 0 aliphatic carbocycles. The van der Waals surface area contributed by atoms with Crippen LogP contribution in [0, 0.1) is 11.3 Å². The molecule has 24 heavy (non-hydrogen) atoms. The predicted molar refractivity (Wildman–Crippen MR) is 83.9 cm³/mol. The average molecular weight is 355 g/mol. The highest BCUT2D eigenvalue weighted by atomic mass is 35.5. The van der Waals surface area contributed by atoms with Gasteiger partial charge in [0, 0.05) is 19.3 Å². The van der Waals surface area contributed by atoms with Crippen LogP contribution in [0.4, 0.5) is 18.9 Å². The number of aromatic nitrogens is 2. The average Bonchev–Trinajstić information content (AvgIpc) is 3.05. The molecular weight excluding hydrogens is 341 g/mol. The third kappa shape index (κ3) is 3.20. The molecule has 0 spiro atoms. The van der Waals surface area contributed by atoms with Gasteiger partial charge in [-0.1, -0.05) is 17.7 Å². The summed E-state index contributed by atoms with van der Waals surface area (Å²) in [7, 11) is 0. The van der Waals surface area contributed by atoms with E-state index in [-0.39, 0.29) is 6.04 Å². The van der Waals surface area contributed by atoms with Crippen molar-refractivity contribution in [1.29, 1.82) is 5.26 Å². The Hall–Kier alpha value is -2.20. The lowest BCUT2D eigenvalue weighted by molar-refractivity contribution is -0.141. The zero-order chi connectivity index (χ0) is 17.3. The van der Waals surface area contributed by atoms with E-state index in [0.717, 1.165) is 18.9 Å². The number of hydrogen-bond acceptors (Lipinski definition) is 3. The largest absolute Gasteiger partial charge is 0.435 e. The normalized spacial score (nSPS) is 18.5. The number of nitrogens with zero attached hydrogens (tertiary/aromatic N) is 4. The molecule has 1 atom stereocenters. The number of anilines is 1. The van der Waals surface area contributed by atoms with Gasteiger partial charge in [-0.25, -0.2) is 0 Å². The summed E-state index contributed by atoms with van der Waals surface area (Å²) in [4.78, 5) is 1.95. The zero-order valence-corrected chi connectivity index (χ0v) is 13.3. The second kappa shape index (κ2) is 6.36. The topological polar surface area (TPSA) is 44.9 Å². The van der Waals surface area contributed by atoms with Crippen LogP contribution in [-0.4, -0.2) is 22.9 Å². The summed E-state index contributed by atoms with van der Waals surface area (Å²) in [6.07, 6.45) is -1.59. The number of piperidine rings is 1. The molecule has 0 saturated carbocycles. The van der Waals surface area contributed by atoms with Gasteiger partial charge in [0.1, 0.15) is 6.07 Å². The van der Waals surface area contributed by atoms with Crippen LogP contribution in [-0.2, 0) is 6.18 Å². The Morgan fingerprint density at radius 1 is 1.29 bits per heavy atom. The SMILES string of the molecule is N#Cc1cccc(Cl)c1N1CCCC(n2ccc(C(F)(F)F)n2)C1. The quantitative estimate of drug-likeness (QED) is 0.809. The van der Waals surface area contributed by atoms with Crippen molar-refractivity contribution in [2.45, 2.75) is 25.1 Å². The van der Waals surface area contributed by atoms with Gasteiger partial charge < -0.3 is 4.90 Å². The Kier molecular flexibility index (Phi) is 4.41. The number of halogens is 4. The van der Waals surface area contributed by atoms with Crippen molar-refractivity contribution in [3.8, 4) is 6.07 Å². The van der Waals surface area contributed by atoms with E-state index in [9.17, 15) is 18.4 Å². The standard InChI is InChI=1S/C16H14ClF3N4/c17-13-5-1-3-11(9-21)15(13)23-7-2-4-12(10-23)24-8-6-14(22-24)16(18,19)20/h1,3,5-6,8,12H,2,4,7,10H2. The molecule has 0 N–H and O–H groups in total. The van der Waals surface area contributed by atoms with Crippen molar-refractivity contribution < 1.29 is 13.2 Å². The molecule has 1 unspecified atom stereocenters. The number of benzene rings is 1. The van der Waals surface area contributed by atoms with Crippen LogP contribution in [0.15, 0.2) is 30.5 Å². The van der Waals surface area contributed by atoms with Crippen molar-refractivity contribution in [3.05, 3.63) is 46.7 Å². The van der Waals surface area contributed by atoms with Crippen molar-refractivity contribution in [2.24, 2.45) is 0 Å². The fraction of sp³-hybridized carbons (Fsp3) is 0.375. The van der Waals surface area contributed by atoms with Gasteiger partial charge in [0.2, 0.25) is 0 Å². The van der Waals surface area contributed by atoms with Gasteiger partial charge in [0.25, 0.3) is 0 Å². The van der Waals surface area contributed by atoms with Gasteiger partial charge in [0.05, 0.1) is 22.3 Å². The van der Waals surface area contributed by atoms with Gasteiger partial charge in [-0.05, 0) is 31.0 Å². The summed E-state index contributed by atoms with van der Waals surface area (Å²) in [6.45, 7) is 1.15. The molecule has 126 valence electrons. The maximum absolute atomic E-state index is 12.7. The molecule has 1 aromatic carbocycles. The molecular formula is C16H14ClF3N4. The smallest absolute Gasteiger partial charge is 0.367 e. The fourth-order valence-corrected chi connectivity index (χ4v) is 3.29. The van der Waals surface area contributed by atoms with Gasteiger partial charge >= 0.3 is 6.18 Å². The Labute approximate surface area is 142 Å². The highest BCUT2D eigenvalue weighted by molar-refractivity contribution is 6.33. The summed E-state index contributed by atoms with van der Waals surface area (Å²) in [6, 6.07) is 7.99. The lowest BCUT2D eigenvalue weighted by Gasteiger charge is -2.35. The van der Waals surface area contributed by atoms with Gasteiger partial charge in [-0.2, -0.15) is 23.5 Å². The number of hydrogen-bond donors (Lipinski definition) is 0. The molecule has 1 fully saturated rings. The first-order valence-corrected chi connectivity index (χ1v) is 7.84. The number of nitriles is 1. The lowest BCUT2D eigenvalue weighted by Crippen LogP contribution is -2.37. The monoisotopic (exact) mass is 354 g/mol. The maximum Gasteiger partial charge on any atom is 0.435 e. The Morgan fingerprint density at radius 3 is 2.75 bits per heavy atom. The third-order valence-electron chi connectivity index (χ3n) is 4.09. The van der Waals surface area contributed by atoms with Crippen LogP contribution in [0.5, 0.6) is 0 Å². The van der Waals surface area contributed by atoms with E-state index in [1.807, 2.05) is 4.90 Å². The Bertz CT molecular complexity index is 778. The minimum atomic E-state index is -4.45. The Balaban J connectivity index is 1.86. The van der Waals surface area contributed by atoms with E-state index < -0.39 is 11.9 Å². The second-order valence-electron chi connectivity index (χ2n) is 5.67. The summed E-state index contributed by atoms with van der Waals surface area (Å²) >= 11 is 6.24. The number of rotatable bonds is 2. The predicted octanol–water partition coefficient (Wildman–Crippen LogP) is 4.27. The molecule has 2 aromatic rings. The molecule has 1 aromatic heterocycles. The lowest BCUT2D eigenvalue weighted by atomic mass is 10.0. The minimum absolute atomic E-state index is 0.197. The molecule has 1 aliphatic heterocycles. The molecule has 1 saturated heterocycles.